The largest absolute Gasteiger partial charge is 0.356 e. The van der Waals surface area contributed by atoms with E-state index in [0.29, 0.717) is 18.0 Å². The predicted molar refractivity (Wildman–Crippen MR) is 127 cm³/mol. The summed E-state index contributed by atoms with van der Waals surface area (Å²) in [7, 11) is 0. The molecular weight excluding hydrogens is 444 g/mol. The molecule has 1 aliphatic rings. The van der Waals surface area contributed by atoms with Crippen molar-refractivity contribution in [3.8, 4) is 5.13 Å². The Balaban J connectivity index is 1.30. The van der Waals surface area contributed by atoms with Gasteiger partial charge in [0.2, 0.25) is 0 Å². The number of hydrogen-bond donors (Lipinski definition) is 1. The number of carbonyl (C=O) groups is 1. The molecule has 1 N–H and O–H groups in total. The molecule has 5 rings (SSSR count). The minimum absolute atomic E-state index is 0.118. The monoisotopic (exact) mass is 468 g/mol. The lowest BCUT2D eigenvalue weighted by molar-refractivity contribution is 0.0955. The highest BCUT2D eigenvalue weighted by Crippen LogP contribution is 2.28. The highest BCUT2D eigenvalue weighted by molar-refractivity contribution is 7.98. The molecule has 0 spiro atoms. The number of anilines is 1. The predicted octanol–water partition coefficient (Wildman–Crippen LogP) is 3.13. The summed E-state index contributed by atoms with van der Waals surface area (Å²) in [6.07, 6.45) is 10.0. The zero-order valence-corrected chi connectivity index (χ0v) is 19.6. The summed E-state index contributed by atoms with van der Waals surface area (Å²) < 4.78 is 3.76. The van der Waals surface area contributed by atoms with E-state index in [9.17, 15) is 4.79 Å². The Morgan fingerprint density at radius 3 is 2.72 bits per heavy atom. The Morgan fingerprint density at radius 2 is 1.97 bits per heavy atom. The molecule has 0 atom stereocenters. The molecular formula is C21H24N8OS2. The number of thiazole rings is 1. The molecule has 0 aromatic carbocycles. The molecule has 4 aromatic heterocycles. The van der Waals surface area contributed by atoms with Crippen molar-refractivity contribution in [3.63, 3.8) is 0 Å². The van der Waals surface area contributed by atoms with Crippen LogP contribution in [0.25, 0.3) is 16.2 Å². The van der Waals surface area contributed by atoms with Crippen LogP contribution in [0.15, 0.2) is 35.9 Å². The summed E-state index contributed by atoms with van der Waals surface area (Å²) in [6.45, 7) is 4.87. The van der Waals surface area contributed by atoms with Crippen molar-refractivity contribution >= 4 is 45.9 Å². The number of aromatic nitrogens is 6. The molecule has 0 bridgehead atoms. The van der Waals surface area contributed by atoms with Gasteiger partial charge in [0.1, 0.15) is 10.7 Å². The molecule has 1 fully saturated rings. The first-order chi connectivity index (χ1) is 15.6. The lowest BCUT2D eigenvalue weighted by atomic mass is 10.3. The Kier molecular flexibility index (Phi) is 5.83. The van der Waals surface area contributed by atoms with Crippen LogP contribution in [0.1, 0.15) is 28.2 Å². The number of nitrogens with one attached hydrogen (secondary N) is 1. The summed E-state index contributed by atoms with van der Waals surface area (Å²) in [4.78, 5) is 29.6. The molecule has 0 radical (unpaired) electrons. The molecule has 166 valence electrons. The molecule has 1 saturated heterocycles. The maximum atomic E-state index is 12.8. The first-order valence-electron chi connectivity index (χ1n) is 10.6. The maximum Gasteiger partial charge on any atom is 0.263 e. The van der Waals surface area contributed by atoms with Gasteiger partial charge in [-0.2, -0.15) is 5.10 Å². The van der Waals surface area contributed by atoms with E-state index < -0.39 is 0 Å². The third-order valence-electron chi connectivity index (χ3n) is 5.47. The Bertz CT molecular complexity index is 1240. The molecule has 4 aromatic rings. The van der Waals surface area contributed by atoms with Crippen LogP contribution in [0, 0.1) is 6.92 Å². The van der Waals surface area contributed by atoms with Crippen molar-refractivity contribution in [1.29, 1.82) is 0 Å². The lowest BCUT2D eigenvalue weighted by Gasteiger charge is -2.17. The number of carbonyl (C=O) groups excluding carboxylic acids is 1. The van der Waals surface area contributed by atoms with Crippen LogP contribution in [0.4, 0.5) is 5.82 Å². The highest BCUT2D eigenvalue weighted by atomic mass is 32.2. The standard InChI is InChI=1S/C21H24N8OS2/c1-14-16(32-21(24-14)28-10-5-6-11-28)19(30)22-7-12-29-18-15(13-23-29)17(25-20(26-18)31-2)27-8-3-4-9-27/h5-6,10-11,13H,3-4,7-9,12H2,1-2H3,(H,22,30). The topological polar surface area (TPSA) is 93.8 Å². The van der Waals surface area contributed by atoms with Gasteiger partial charge in [0.05, 0.1) is 23.8 Å². The molecule has 0 aliphatic carbocycles. The van der Waals surface area contributed by atoms with Gasteiger partial charge in [-0.3, -0.25) is 4.79 Å². The molecule has 5 heterocycles. The van der Waals surface area contributed by atoms with Crippen LogP contribution in [0.3, 0.4) is 0 Å². The zero-order chi connectivity index (χ0) is 22.1. The Labute approximate surface area is 193 Å². The SMILES string of the molecule is CSc1nc(N2CCCC2)c2cnn(CCNC(=O)c3sc(-n4cccc4)nc3C)c2n1. The average molecular weight is 469 g/mol. The summed E-state index contributed by atoms with van der Waals surface area (Å²) >= 11 is 2.92. The lowest BCUT2D eigenvalue weighted by Crippen LogP contribution is -2.27. The second-order valence-corrected chi connectivity index (χ2v) is 9.34. The van der Waals surface area contributed by atoms with E-state index in [0.717, 1.165) is 45.9 Å². The summed E-state index contributed by atoms with van der Waals surface area (Å²) in [5.41, 5.74) is 1.54. The molecule has 1 aliphatic heterocycles. The van der Waals surface area contributed by atoms with Crippen molar-refractivity contribution in [2.45, 2.75) is 31.5 Å². The second kappa shape index (κ2) is 8.91. The van der Waals surface area contributed by atoms with Gasteiger partial charge in [-0.05, 0) is 38.2 Å². The smallest absolute Gasteiger partial charge is 0.263 e. The fourth-order valence-corrected chi connectivity index (χ4v) is 5.17. The fourth-order valence-electron chi connectivity index (χ4n) is 3.87. The normalized spacial score (nSPS) is 13.9. The van der Waals surface area contributed by atoms with E-state index in [4.69, 9.17) is 4.98 Å². The van der Waals surface area contributed by atoms with E-state index in [-0.39, 0.29) is 5.91 Å². The van der Waals surface area contributed by atoms with Gasteiger partial charge in [0.25, 0.3) is 5.91 Å². The van der Waals surface area contributed by atoms with Crippen LogP contribution >= 0.6 is 23.1 Å². The third kappa shape index (κ3) is 3.97. The molecule has 0 saturated carbocycles. The molecule has 0 unspecified atom stereocenters. The maximum absolute atomic E-state index is 12.8. The number of fused-ring (bicyclic) bond motifs is 1. The first kappa shape index (κ1) is 21.0. The molecule has 9 nitrogen and oxygen atoms in total. The van der Waals surface area contributed by atoms with Crippen LogP contribution in [0.2, 0.25) is 0 Å². The molecule has 11 heteroatoms. The van der Waals surface area contributed by atoms with E-state index in [1.807, 2.05) is 53.2 Å². The van der Waals surface area contributed by atoms with Gasteiger partial charge in [0, 0.05) is 32.0 Å². The Hall–Kier alpha value is -2.92. The summed E-state index contributed by atoms with van der Waals surface area (Å²) in [5.74, 6) is 0.844. The van der Waals surface area contributed by atoms with Crippen LogP contribution in [-0.2, 0) is 6.54 Å². The van der Waals surface area contributed by atoms with Gasteiger partial charge in [-0.1, -0.05) is 23.1 Å². The van der Waals surface area contributed by atoms with Gasteiger partial charge in [-0.15, -0.1) is 0 Å². The second-order valence-electron chi connectivity index (χ2n) is 7.59. The number of rotatable bonds is 7. The van der Waals surface area contributed by atoms with E-state index >= 15 is 0 Å². The first-order valence-corrected chi connectivity index (χ1v) is 12.6. The van der Waals surface area contributed by atoms with E-state index in [1.54, 1.807) is 0 Å². The quantitative estimate of drug-likeness (QED) is 0.329. The number of nitrogens with zero attached hydrogens (tertiary/aromatic N) is 7. The number of thioether (sulfide) groups is 1. The van der Waals surface area contributed by atoms with Crippen molar-refractivity contribution in [2.24, 2.45) is 0 Å². The molecule has 32 heavy (non-hydrogen) atoms. The average Bonchev–Trinajstić information content (AvgIpc) is 3.60. The summed E-state index contributed by atoms with van der Waals surface area (Å²) in [6, 6.07) is 3.87. The minimum atomic E-state index is -0.118. The fraction of sp³-hybridized carbons (Fsp3) is 0.381. The van der Waals surface area contributed by atoms with Crippen LogP contribution in [0.5, 0.6) is 0 Å². The number of aryl methyl sites for hydroxylation is 1. The zero-order valence-electron chi connectivity index (χ0n) is 18.0. The Morgan fingerprint density at radius 1 is 1.19 bits per heavy atom. The number of amides is 1. The van der Waals surface area contributed by atoms with Gasteiger partial charge >= 0.3 is 0 Å². The van der Waals surface area contributed by atoms with Gasteiger partial charge in [-0.25, -0.2) is 19.6 Å². The van der Waals surface area contributed by atoms with Crippen molar-refractivity contribution < 1.29 is 4.79 Å². The van der Waals surface area contributed by atoms with Crippen LogP contribution < -0.4 is 10.2 Å². The van der Waals surface area contributed by atoms with Gasteiger partial charge in [0.15, 0.2) is 15.9 Å². The number of hydrogen-bond acceptors (Lipinski definition) is 8. The van der Waals surface area contributed by atoms with E-state index in [1.165, 1.54) is 35.9 Å². The van der Waals surface area contributed by atoms with Crippen LogP contribution in [-0.4, -0.2) is 61.1 Å². The summed E-state index contributed by atoms with van der Waals surface area (Å²) in [5, 5.41) is 10.0. The van der Waals surface area contributed by atoms with E-state index in [2.05, 4.69) is 25.3 Å². The minimum Gasteiger partial charge on any atom is -0.356 e. The van der Waals surface area contributed by atoms with Gasteiger partial charge < -0.3 is 14.8 Å². The van der Waals surface area contributed by atoms with Crippen molar-refractivity contribution in [3.05, 3.63) is 41.3 Å². The molecule has 1 amide bonds. The van der Waals surface area contributed by atoms with Crippen molar-refractivity contribution in [2.75, 3.05) is 30.8 Å². The third-order valence-corrected chi connectivity index (χ3v) is 7.19. The highest BCUT2D eigenvalue weighted by Gasteiger charge is 2.21. The van der Waals surface area contributed by atoms with Crippen molar-refractivity contribution in [1.82, 2.24) is 34.6 Å².